The van der Waals surface area contributed by atoms with Crippen LogP contribution in [-0.2, 0) is 0 Å². The molecule has 1 aromatic rings. The minimum atomic E-state index is -0.539. The third-order valence-electron chi connectivity index (χ3n) is 1.38. The number of thiophene rings is 1. The van der Waals surface area contributed by atoms with Crippen molar-refractivity contribution < 1.29 is 9.90 Å². The number of carbonyl (C=O) groups excluding carboxylic acids is 1. The zero-order valence-electron chi connectivity index (χ0n) is 7.08. The maximum Gasteiger partial charge on any atom is 0.262 e. The zero-order valence-corrected chi connectivity index (χ0v) is 8.65. The molecule has 5 heteroatoms. The number of carbonyl (C=O) groups is 1. The van der Waals surface area contributed by atoms with Gasteiger partial charge in [0.25, 0.3) is 5.91 Å². The molecule has 1 amide bonds. The minimum Gasteiger partial charge on any atom is -0.392 e. The zero-order chi connectivity index (χ0) is 9.84. The molecule has 0 aliphatic carbocycles. The molecule has 0 radical (unpaired) electrons. The van der Waals surface area contributed by atoms with Crippen molar-refractivity contribution in [1.82, 2.24) is 5.32 Å². The topological polar surface area (TPSA) is 49.3 Å². The number of rotatable bonds is 3. The molecule has 13 heavy (non-hydrogen) atoms. The van der Waals surface area contributed by atoms with Gasteiger partial charge in [0.1, 0.15) is 4.88 Å². The summed E-state index contributed by atoms with van der Waals surface area (Å²) in [7, 11) is 0. The third kappa shape index (κ3) is 2.99. The number of halogens is 1. The van der Waals surface area contributed by atoms with Gasteiger partial charge in [0.15, 0.2) is 0 Å². The highest BCUT2D eigenvalue weighted by molar-refractivity contribution is 7.12. The summed E-state index contributed by atoms with van der Waals surface area (Å²) in [6.07, 6.45) is -0.539. The monoisotopic (exact) mass is 219 g/mol. The Hall–Kier alpha value is -0.580. The quantitative estimate of drug-likeness (QED) is 0.810. The second-order valence-corrected chi connectivity index (χ2v) is 3.98. The maximum absolute atomic E-state index is 11.3. The molecule has 1 atom stereocenters. The molecule has 3 nitrogen and oxygen atoms in total. The molecule has 1 aromatic heterocycles. The Balaban J connectivity index is 2.54. The fourth-order valence-electron chi connectivity index (χ4n) is 0.776. The number of nitrogens with one attached hydrogen (secondary N) is 1. The summed E-state index contributed by atoms with van der Waals surface area (Å²) in [6, 6.07) is 1.67. The lowest BCUT2D eigenvalue weighted by molar-refractivity contribution is 0.0928. The molecular formula is C8H10ClNO2S. The van der Waals surface area contributed by atoms with Gasteiger partial charge < -0.3 is 10.4 Å². The molecular weight excluding hydrogens is 210 g/mol. The van der Waals surface area contributed by atoms with Crippen LogP contribution in [0.2, 0.25) is 5.02 Å². The predicted molar refractivity (Wildman–Crippen MR) is 53.3 cm³/mol. The SMILES string of the molecule is C[C@H](O)CNC(=O)c1sccc1Cl. The van der Waals surface area contributed by atoms with Gasteiger partial charge in [-0.25, -0.2) is 0 Å². The van der Waals surface area contributed by atoms with Crippen LogP contribution in [0.4, 0.5) is 0 Å². The normalized spacial score (nSPS) is 12.5. The van der Waals surface area contributed by atoms with E-state index in [9.17, 15) is 4.79 Å². The van der Waals surface area contributed by atoms with Crippen LogP contribution in [0, 0.1) is 0 Å². The van der Waals surface area contributed by atoms with Gasteiger partial charge in [-0.1, -0.05) is 11.6 Å². The average Bonchev–Trinajstić information content (AvgIpc) is 2.47. The minimum absolute atomic E-state index is 0.235. The van der Waals surface area contributed by atoms with Crippen LogP contribution in [0.5, 0.6) is 0 Å². The van der Waals surface area contributed by atoms with E-state index in [4.69, 9.17) is 16.7 Å². The molecule has 0 aliphatic rings. The van der Waals surface area contributed by atoms with E-state index in [1.165, 1.54) is 11.3 Å². The first-order valence-electron chi connectivity index (χ1n) is 3.80. The molecule has 1 rings (SSSR count). The first kappa shape index (κ1) is 10.5. The van der Waals surface area contributed by atoms with Gasteiger partial charge in [-0.2, -0.15) is 0 Å². The van der Waals surface area contributed by atoms with Crippen molar-refractivity contribution in [2.75, 3.05) is 6.54 Å². The summed E-state index contributed by atoms with van der Waals surface area (Å²) in [5.41, 5.74) is 0. The molecule has 0 spiro atoms. The van der Waals surface area contributed by atoms with E-state index < -0.39 is 6.10 Å². The second kappa shape index (κ2) is 4.60. The van der Waals surface area contributed by atoms with E-state index in [0.717, 1.165) is 0 Å². The number of hydrogen-bond donors (Lipinski definition) is 2. The molecule has 0 unspecified atom stereocenters. The molecule has 2 N–H and O–H groups in total. The van der Waals surface area contributed by atoms with Gasteiger partial charge in [0.2, 0.25) is 0 Å². The second-order valence-electron chi connectivity index (χ2n) is 2.66. The van der Waals surface area contributed by atoms with Crippen LogP contribution in [0.15, 0.2) is 11.4 Å². The summed E-state index contributed by atoms with van der Waals surface area (Å²) >= 11 is 7.02. The molecule has 0 fully saturated rings. The van der Waals surface area contributed by atoms with Crippen LogP contribution < -0.4 is 5.32 Å². The van der Waals surface area contributed by atoms with Crippen molar-refractivity contribution in [3.63, 3.8) is 0 Å². The largest absolute Gasteiger partial charge is 0.392 e. The fraction of sp³-hybridized carbons (Fsp3) is 0.375. The van der Waals surface area contributed by atoms with Gasteiger partial charge in [-0.05, 0) is 18.4 Å². The van der Waals surface area contributed by atoms with Gasteiger partial charge in [0.05, 0.1) is 11.1 Å². The van der Waals surface area contributed by atoms with Crippen LogP contribution in [-0.4, -0.2) is 23.7 Å². The molecule has 1 heterocycles. The molecule has 72 valence electrons. The predicted octanol–water partition coefficient (Wildman–Crippen LogP) is 1.51. The highest BCUT2D eigenvalue weighted by atomic mass is 35.5. The Bertz CT molecular complexity index is 298. The number of amides is 1. The molecule has 0 saturated carbocycles. The lowest BCUT2D eigenvalue weighted by Crippen LogP contribution is -2.30. The van der Waals surface area contributed by atoms with Gasteiger partial charge in [-0.3, -0.25) is 4.79 Å². The summed E-state index contributed by atoms with van der Waals surface area (Å²) in [4.78, 5) is 11.8. The van der Waals surface area contributed by atoms with Gasteiger partial charge in [-0.15, -0.1) is 11.3 Å². The van der Waals surface area contributed by atoms with Crippen molar-refractivity contribution in [1.29, 1.82) is 0 Å². The summed E-state index contributed by atoms with van der Waals surface area (Å²) < 4.78 is 0. The van der Waals surface area contributed by atoms with Crippen molar-refractivity contribution in [3.05, 3.63) is 21.3 Å². The lowest BCUT2D eigenvalue weighted by atomic mass is 10.4. The van der Waals surface area contributed by atoms with Crippen LogP contribution >= 0.6 is 22.9 Å². The highest BCUT2D eigenvalue weighted by Gasteiger charge is 2.11. The molecule has 0 aliphatic heterocycles. The van der Waals surface area contributed by atoms with Crippen molar-refractivity contribution >= 4 is 28.8 Å². The van der Waals surface area contributed by atoms with Gasteiger partial charge >= 0.3 is 0 Å². The smallest absolute Gasteiger partial charge is 0.262 e. The van der Waals surface area contributed by atoms with Crippen LogP contribution in [0.1, 0.15) is 16.6 Å². The first-order valence-corrected chi connectivity index (χ1v) is 5.06. The first-order chi connectivity index (χ1) is 6.11. The van der Waals surface area contributed by atoms with Crippen molar-refractivity contribution in [2.45, 2.75) is 13.0 Å². The Morgan fingerprint density at radius 2 is 2.54 bits per heavy atom. The Morgan fingerprint density at radius 1 is 1.85 bits per heavy atom. The standard InChI is InChI=1S/C8H10ClNO2S/c1-5(11)4-10-8(12)7-6(9)2-3-13-7/h2-3,5,11H,4H2,1H3,(H,10,12)/t5-/m0/s1. The van der Waals surface area contributed by atoms with Crippen molar-refractivity contribution in [2.24, 2.45) is 0 Å². The lowest BCUT2D eigenvalue weighted by Gasteiger charge is -2.05. The van der Waals surface area contributed by atoms with Crippen LogP contribution in [0.3, 0.4) is 0 Å². The summed E-state index contributed by atoms with van der Waals surface area (Å²) in [6.45, 7) is 1.85. The molecule has 0 saturated heterocycles. The van der Waals surface area contributed by atoms with Crippen LogP contribution in [0.25, 0.3) is 0 Å². The maximum atomic E-state index is 11.3. The summed E-state index contributed by atoms with van der Waals surface area (Å²) in [5, 5.41) is 13.7. The average molecular weight is 220 g/mol. The number of aliphatic hydroxyl groups is 1. The van der Waals surface area contributed by atoms with E-state index >= 15 is 0 Å². The van der Waals surface area contributed by atoms with Gasteiger partial charge in [0, 0.05) is 6.54 Å². The highest BCUT2D eigenvalue weighted by Crippen LogP contribution is 2.21. The fourth-order valence-corrected chi connectivity index (χ4v) is 1.83. The van der Waals surface area contributed by atoms with E-state index in [2.05, 4.69) is 5.32 Å². The summed E-state index contributed by atoms with van der Waals surface area (Å²) in [5.74, 6) is -0.235. The Kier molecular flexibility index (Phi) is 3.71. The molecule has 0 bridgehead atoms. The van der Waals surface area contributed by atoms with E-state index in [1.807, 2.05) is 0 Å². The third-order valence-corrected chi connectivity index (χ3v) is 2.72. The number of hydrogen-bond acceptors (Lipinski definition) is 3. The van der Waals surface area contributed by atoms with E-state index in [0.29, 0.717) is 9.90 Å². The Morgan fingerprint density at radius 3 is 3.00 bits per heavy atom. The van der Waals surface area contributed by atoms with E-state index in [1.54, 1.807) is 18.4 Å². The molecule has 0 aromatic carbocycles. The Labute approximate surface area is 85.3 Å². The van der Waals surface area contributed by atoms with E-state index in [-0.39, 0.29) is 12.5 Å². The number of aliphatic hydroxyl groups excluding tert-OH is 1. The van der Waals surface area contributed by atoms with Crippen molar-refractivity contribution in [3.8, 4) is 0 Å².